The van der Waals surface area contributed by atoms with Crippen molar-refractivity contribution in [1.29, 1.82) is 0 Å². The number of amides is 3. The van der Waals surface area contributed by atoms with Gasteiger partial charge in [0, 0.05) is 23.0 Å². The maximum Gasteiger partial charge on any atom is 0.339 e. The Balaban J connectivity index is 1.31. The third-order valence-electron chi connectivity index (χ3n) is 4.68. The summed E-state index contributed by atoms with van der Waals surface area (Å²) in [5.74, 6) is -1.11. The molecule has 156 valence electrons. The quantitative estimate of drug-likeness (QED) is 0.555. The lowest BCUT2D eigenvalue weighted by molar-refractivity contribution is -0.123. The fraction of sp³-hybridized carbons (Fsp3) is 0.350. The van der Waals surface area contributed by atoms with Gasteiger partial charge in [-0.1, -0.05) is 11.2 Å². The highest BCUT2D eigenvalue weighted by molar-refractivity contribution is 7.09. The molecule has 2 N–H and O–H groups in total. The van der Waals surface area contributed by atoms with Gasteiger partial charge in [0.25, 0.3) is 11.6 Å². The highest BCUT2D eigenvalue weighted by Gasteiger charge is 2.29. The molecule has 3 aromatic rings. The molecule has 1 aliphatic carbocycles. The van der Waals surface area contributed by atoms with Crippen LogP contribution in [0.5, 0.6) is 0 Å². The SMILES string of the molecule is Cc1noc2nc(C3CC3)cc(C(=O)OCC(=O)NC(=O)NCCc3cccs3)c12. The number of hydrogen-bond donors (Lipinski definition) is 2. The number of carbonyl (C=O) groups is 3. The third-order valence-corrected chi connectivity index (χ3v) is 5.61. The van der Waals surface area contributed by atoms with Crippen LogP contribution in [0.1, 0.15) is 45.4 Å². The van der Waals surface area contributed by atoms with Crippen LogP contribution in [-0.4, -0.2) is 41.2 Å². The molecule has 0 aromatic carbocycles. The van der Waals surface area contributed by atoms with Crippen molar-refractivity contribution in [2.45, 2.75) is 32.1 Å². The molecule has 0 atom stereocenters. The smallest absolute Gasteiger partial charge is 0.339 e. The molecule has 1 saturated carbocycles. The van der Waals surface area contributed by atoms with Crippen molar-refractivity contribution in [1.82, 2.24) is 20.8 Å². The number of nitrogens with one attached hydrogen (secondary N) is 2. The van der Waals surface area contributed by atoms with E-state index in [4.69, 9.17) is 9.26 Å². The van der Waals surface area contributed by atoms with Gasteiger partial charge in [-0.15, -0.1) is 11.3 Å². The Labute approximate surface area is 175 Å². The molecule has 1 aliphatic rings. The molecule has 10 heteroatoms. The van der Waals surface area contributed by atoms with Crippen LogP contribution in [0, 0.1) is 6.92 Å². The van der Waals surface area contributed by atoms with Gasteiger partial charge in [0.2, 0.25) is 0 Å². The molecule has 0 radical (unpaired) electrons. The van der Waals surface area contributed by atoms with E-state index in [0.717, 1.165) is 23.4 Å². The maximum absolute atomic E-state index is 12.6. The van der Waals surface area contributed by atoms with Crippen LogP contribution in [0.4, 0.5) is 4.79 Å². The number of carbonyl (C=O) groups excluding carboxylic acids is 3. The number of fused-ring (bicyclic) bond motifs is 1. The molecular formula is C20H20N4O5S. The number of ether oxygens (including phenoxy) is 1. The van der Waals surface area contributed by atoms with Gasteiger partial charge >= 0.3 is 12.0 Å². The van der Waals surface area contributed by atoms with E-state index in [1.54, 1.807) is 24.3 Å². The number of aromatic nitrogens is 2. The summed E-state index contributed by atoms with van der Waals surface area (Å²) in [6.07, 6.45) is 2.68. The fourth-order valence-electron chi connectivity index (χ4n) is 3.03. The Bertz CT molecular complexity index is 1090. The second-order valence-electron chi connectivity index (χ2n) is 7.03. The highest BCUT2D eigenvalue weighted by Crippen LogP contribution is 2.40. The number of imide groups is 1. The van der Waals surface area contributed by atoms with Crippen molar-refractivity contribution in [3.8, 4) is 0 Å². The monoisotopic (exact) mass is 428 g/mol. The van der Waals surface area contributed by atoms with E-state index in [-0.39, 0.29) is 11.3 Å². The zero-order chi connectivity index (χ0) is 21.1. The number of esters is 1. The Morgan fingerprint density at radius 1 is 1.33 bits per heavy atom. The van der Waals surface area contributed by atoms with Crippen LogP contribution in [0.15, 0.2) is 28.1 Å². The van der Waals surface area contributed by atoms with Crippen molar-refractivity contribution in [2.24, 2.45) is 0 Å². The number of nitrogens with zero attached hydrogens (tertiary/aromatic N) is 2. The Morgan fingerprint density at radius 2 is 2.17 bits per heavy atom. The lowest BCUT2D eigenvalue weighted by Crippen LogP contribution is -2.42. The average Bonchev–Trinajstić information content (AvgIpc) is 3.33. The molecule has 3 amide bonds. The number of hydrogen-bond acceptors (Lipinski definition) is 8. The van der Waals surface area contributed by atoms with E-state index in [1.165, 1.54) is 0 Å². The summed E-state index contributed by atoms with van der Waals surface area (Å²) in [7, 11) is 0. The first-order valence-corrected chi connectivity index (χ1v) is 10.4. The van der Waals surface area contributed by atoms with Gasteiger partial charge in [0.1, 0.15) is 0 Å². The number of urea groups is 1. The van der Waals surface area contributed by atoms with Gasteiger partial charge in [0.05, 0.1) is 16.6 Å². The standard InChI is InChI=1S/C20H20N4O5S/c1-11-17-14(9-15(12-4-5-12)22-18(17)29-24-11)19(26)28-10-16(25)23-20(27)21-7-6-13-3-2-8-30-13/h2-3,8-9,12H,4-7,10H2,1H3,(H2,21,23,25,27). The van der Waals surface area contributed by atoms with E-state index in [0.29, 0.717) is 30.0 Å². The first-order valence-electron chi connectivity index (χ1n) is 9.55. The number of aryl methyl sites for hydroxylation is 1. The molecular weight excluding hydrogens is 408 g/mol. The van der Waals surface area contributed by atoms with Gasteiger partial charge in [-0.25, -0.2) is 14.6 Å². The van der Waals surface area contributed by atoms with Crippen molar-refractivity contribution in [3.05, 3.63) is 45.4 Å². The summed E-state index contributed by atoms with van der Waals surface area (Å²) in [4.78, 5) is 41.9. The molecule has 0 saturated heterocycles. The maximum atomic E-state index is 12.6. The van der Waals surface area contributed by atoms with Crippen LogP contribution in [0.3, 0.4) is 0 Å². The second kappa shape index (κ2) is 8.62. The molecule has 9 nitrogen and oxygen atoms in total. The van der Waals surface area contributed by atoms with Crippen molar-refractivity contribution in [2.75, 3.05) is 13.2 Å². The summed E-state index contributed by atoms with van der Waals surface area (Å²) in [5, 5.41) is 11.0. The Kier molecular flexibility index (Phi) is 5.75. The lowest BCUT2D eigenvalue weighted by atomic mass is 10.1. The number of rotatable bonds is 7. The zero-order valence-corrected chi connectivity index (χ0v) is 17.1. The van der Waals surface area contributed by atoms with Crippen molar-refractivity contribution >= 4 is 40.3 Å². The predicted octanol–water partition coefficient (Wildman–Crippen LogP) is 2.70. The fourth-order valence-corrected chi connectivity index (χ4v) is 3.74. The van der Waals surface area contributed by atoms with E-state index < -0.39 is 24.5 Å². The normalized spacial score (nSPS) is 13.2. The van der Waals surface area contributed by atoms with Crippen LogP contribution >= 0.6 is 11.3 Å². The largest absolute Gasteiger partial charge is 0.452 e. The molecule has 0 unspecified atom stereocenters. The topological polar surface area (TPSA) is 123 Å². The minimum absolute atomic E-state index is 0.258. The average molecular weight is 428 g/mol. The van der Waals surface area contributed by atoms with Crippen LogP contribution in [0.25, 0.3) is 11.1 Å². The first kappa shape index (κ1) is 20.0. The number of pyridine rings is 1. The van der Waals surface area contributed by atoms with Crippen LogP contribution in [0.2, 0.25) is 0 Å². The highest BCUT2D eigenvalue weighted by atomic mass is 32.1. The van der Waals surface area contributed by atoms with E-state index in [9.17, 15) is 14.4 Å². The molecule has 3 aromatic heterocycles. The Hall–Kier alpha value is -3.27. The van der Waals surface area contributed by atoms with Gasteiger partial charge in [0.15, 0.2) is 6.61 Å². The summed E-state index contributed by atoms with van der Waals surface area (Å²) in [6.45, 7) is 1.52. The number of thiophene rings is 1. The minimum atomic E-state index is -0.716. The minimum Gasteiger partial charge on any atom is -0.452 e. The summed E-state index contributed by atoms with van der Waals surface area (Å²) in [6, 6.07) is 4.94. The van der Waals surface area contributed by atoms with Crippen molar-refractivity contribution < 1.29 is 23.6 Å². The van der Waals surface area contributed by atoms with E-state index in [2.05, 4.69) is 20.8 Å². The molecule has 3 heterocycles. The van der Waals surface area contributed by atoms with Crippen molar-refractivity contribution in [3.63, 3.8) is 0 Å². The van der Waals surface area contributed by atoms with E-state index >= 15 is 0 Å². The zero-order valence-electron chi connectivity index (χ0n) is 16.3. The summed E-state index contributed by atoms with van der Waals surface area (Å²) < 4.78 is 10.3. The predicted molar refractivity (Wildman–Crippen MR) is 108 cm³/mol. The molecule has 0 aliphatic heterocycles. The molecule has 4 rings (SSSR count). The third kappa shape index (κ3) is 4.65. The van der Waals surface area contributed by atoms with E-state index in [1.807, 2.05) is 17.5 Å². The second-order valence-corrected chi connectivity index (χ2v) is 8.06. The first-order chi connectivity index (χ1) is 14.5. The summed E-state index contributed by atoms with van der Waals surface area (Å²) >= 11 is 1.59. The lowest BCUT2D eigenvalue weighted by Gasteiger charge is -2.08. The van der Waals surface area contributed by atoms with Gasteiger partial charge < -0.3 is 14.6 Å². The molecule has 0 bridgehead atoms. The van der Waals surface area contributed by atoms with Gasteiger partial charge in [-0.05, 0) is 43.7 Å². The molecule has 0 spiro atoms. The van der Waals surface area contributed by atoms with Crippen LogP contribution < -0.4 is 10.6 Å². The summed E-state index contributed by atoms with van der Waals surface area (Å²) in [5.41, 5.74) is 1.80. The Morgan fingerprint density at radius 3 is 2.90 bits per heavy atom. The van der Waals surface area contributed by atoms with Crippen LogP contribution in [-0.2, 0) is 16.0 Å². The molecule has 30 heavy (non-hydrogen) atoms. The molecule has 1 fully saturated rings. The van der Waals surface area contributed by atoms with Gasteiger partial charge in [-0.2, -0.15) is 0 Å². The van der Waals surface area contributed by atoms with Gasteiger partial charge in [-0.3, -0.25) is 10.1 Å².